The van der Waals surface area contributed by atoms with E-state index in [-0.39, 0.29) is 0 Å². The van der Waals surface area contributed by atoms with Gasteiger partial charge in [-0.05, 0) is 113 Å². The Morgan fingerprint density at radius 1 is 0.792 bits per heavy atom. The molecule has 2 heteroatoms. The lowest BCUT2D eigenvalue weighted by Gasteiger charge is -2.41. The van der Waals surface area contributed by atoms with Gasteiger partial charge in [0.25, 0.3) is 0 Å². The minimum atomic E-state index is 0.905. The first-order valence-corrected chi connectivity index (χ1v) is 11.1. The monoisotopic (exact) mass is 334 g/mol. The molecule has 0 radical (unpaired) electrons. The van der Waals surface area contributed by atoms with Crippen LogP contribution in [0.3, 0.4) is 0 Å². The van der Waals surface area contributed by atoms with Crippen molar-refractivity contribution >= 4 is 0 Å². The molecule has 0 amide bonds. The Labute approximate surface area is 150 Å². The Hall–Kier alpha value is -0.0800. The van der Waals surface area contributed by atoms with E-state index in [1.54, 1.807) is 0 Å². The van der Waals surface area contributed by atoms with Crippen molar-refractivity contribution in [2.24, 2.45) is 41.4 Å². The highest BCUT2D eigenvalue weighted by molar-refractivity contribution is 4.88. The lowest BCUT2D eigenvalue weighted by Crippen LogP contribution is -2.40. The van der Waals surface area contributed by atoms with Gasteiger partial charge >= 0.3 is 0 Å². The van der Waals surface area contributed by atoms with Crippen molar-refractivity contribution in [3.8, 4) is 0 Å². The summed E-state index contributed by atoms with van der Waals surface area (Å²) in [5.74, 6) is 7.16. The predicted octanol–water partition coefficient (Wildman–Crippen LogP) is 4.70. The highest BCUT2D eigenvalue weighted by Gasteiger charge is 2.36. The molecule has 4 aliphatic rings. The molecule has 2 N–H and O–H groups in total. The molecule has 2 saturated carbocycles. The second kappa shape index (κ2) is 9.03. The molecule has 2 nitrogen and oxygen atoms in total. The van der Waals surface area contributed by atoms with E-state index in [0.29, 0.717) is 0 Å². The third-order valence-electron chi connectivity index (χ3n) is 7.94. The molecule has 0 bridgehead atoms. The van der Waals surface area contributed by atoms with E-state index in [1.165, 1.54) is 77.5 Å². The van der Waals surface area contributed by atoms with Gasteiger partial charge in [0.1, 0.15) is 0 Å². The first-order chi connectivity index (χ1) is 11.7. The van der Waals surface area contributed by atoms with E-state index in [2.05, 4.69) is 31.4 Å². The lowest BCUT2D eigenvalue weighted by atomic mass is 9.68. The average Bonchev–Trinajstić information content (AvgIpc) is 3.05. The van der Waals surface area contributed by atoms with Gasteiger partial charge in [0.2, 0.25) is 0 Å². The number of piperidine rings is 2. The van der Waals surface area contributed by atoms with Gasteiger partial charge in [-0.2, -0.15) is 0 Å². The van der Waals surface area contributed by atoms with Crippen LogP contribution in [0.1, 0.15) is 72.1 Å². The second-order valence-electron chi connectivity index (χ2n) is 9.49. The van der Waals surface area contributed by atoms with Crippen LogP contribution in [0.5, 0.6) is 0 Å². The summed E-state index contributed by atoms with van der Waals surface area (Å²) in [5.41, 5.74) is 0. The van der Waals surface area contributed by atoms with Crippen molar-refractivity contribution in [2.45, 2.75) is 72.1 Å². The summed E-state index contributed by atoms with van der Waals surface area (Å²) in [5, 5.41) is 7.06. The average molecular weight is 335 g/mol. The van der Waals surface area contributed by atoms with E-state index >= 15 is 0 Å². The summed E-state index contributed by atoms with van der Waals surface area (Å²) in [6, 6.07) is 0. The summed E-state index contributed by atoms with van der Waals surface area (Å²) >= 11 is 0. The molecule has 140 valence electrons. The van der Waals surface area contributed by atoms with Crippen LogP contribution in [0.2, 0.25) is 0 Å². The van der Waals surface area contributed by atoms with Gasteiger partial charge in [-0.15, -0.1) is 0 Å². The van der Waals surface area contributed by atoms with E-state index in [9.17, 15) is 0 Å². The highest BCUT2D eigenvalue weighted by atomic mass is 14.9. The third kappa shape index (κ3) is 4.55. The Kier molecular flexibility index (Phi) is 7.04. The van der Waals surface area contributed by atoms with Gasteiger partial charge in [-0.25, -0.2) is 0 Å². The predicted molar refractivity (Wildman–Crippen MR) is 104 cm³/mol. The van der Waals surface area contributed by atoms with Crippen LogP contribution in [0.15, 0.2) is 0 Å². The standard InChI is InChI=1S/C12H23N.C10H19N/c1-9(2)11-4-3-10-5-6-13-8-12(10)7-11;1-2-8-3-4-9-5-6-11-7-10(8)9/h9-13H,3-8H2,1-2H3;8-11H,2-7H2,1H3. The van der Waals surface area contributed by atoms with Crippen LogP contribution in [0.4, 0.5) is 0 Å². The quantitative estimate of drug-likeness (QED) is 0.765. The molecule has 2 aliphatic heterocycles. The van der Waals surface area contributed by atoms with E-state index in [0.717, 1.165) is 41.4 Å². The number of hydrogen-bond acceptors (Lipinski definition) is 2. The topological polar surface area (TPSA) is 24.1 Å². The first-order valence-electron chi connectivity index (χ1n) is 11.1. The fourth-order valence-corrected chi connectivity index (χ4v) is 6.17. The Bertz CT molecular complexity index is 361. The minimum Gasteiger partial charge on any atom is -0.316 e. The fourth-order valence-electron chi connectivity index (χ4n) is 6.17. The summed E-state index contributed by atoms with van der Waals surface area (Å²) in [6.45, 7) is 12.3. The van der Waals surface area contributed by atoms with Crippen LogP contribution in [0.25, 0.3) is 0 Å². The fraction of sp³-hybridized carbons (Fsp3) is 1.00. The molecule has 0 aromatic rings. The maximum Gasteiger partial charge on any atom is -0.00152 e. The van der Waals surface area contributed by atoms with E-state index < -0.39 is 0 Å². The Balaban J connectivity index is 0.000000143. The van der Waals surface area contributed by atoms with Crippen LogP contribution in [-0.2, 0) is 0 Å². The van der Waals surface area contributed by atoms with Crippen molar-refractivity contribution in [3.63, 3.8) is 0 Å². The van der Waals surface area contributed by atoms with Crippen molar-refractivity contribution in [1.82, 2.24) is 10.6 Å². The van der Waals surface area contributed by atoms with Gasteiger partial charge in [-0.1, -0.05) is 27.2 Å². The van der Waals surface area contributed by atoms with Gasteiger partial charge in [-0.3, -0.25) is 0 Å². The largest absolute Gasteiger partial charge is 0.316 e. The van der Waals surface area contributed by atoms with Crippen molar-refractivity contribution < 1.29 is 0 Å². The highest BCUT2D eigenvalue weighted by Crippen LogP contribution is 2.41. The van der Waals surface area contributed by atoms with Crippen molar-refractivity contribution in [3.05, 3.63) is 0 Å². The number of fused-ring (bicyclic) bond motifs is 2. The molecule has 2 aliphatic carbocycles. The normalized spacial score (nSPS) is 42.0. The zero-order chi connectivity index (χ0) is 16.9. The number of hydrogen-bond donors (Lipinski definition) is 2. The second-order valence-corrected chi connectivity index (χ2v) is 9.49. The SMILES string of the molecule is CC(C)C1CCC2CCNCC2C1.CCC1CCC2CCNCC12. The van der Waals surface area contributed by atoms with Crippen molar-refractivity contribution in [2.75, 3.05) is 26.2 Å². The maximum atomic E-state index is 3.54. The number of rotatable bonds is 2. The Morgan fingerprint density at radius 3 is 2.25 bits per heavy atom. The summed E-state index contributed by atoms with van der Waals surface area (Å²) in [7, 11) is 0. The number of nitrogens with one attached hydrogen (secondary N) is 2. The molecule has 6 unspecified atom stereocenters. The smallest absolute Gasteiger partial charge is 0.00152 e. The zero-order valence-electron chi connectivity index (χ0n) is 16.5. The van der Waals surface area contributed by atoms with Crippen LogP contribution < -0.4 is 10.6 Å². The molecule has 24 heavy (non-hydrogen) atoms. The van der Waals surface area contributed by atoms with Crippen molar-refractivity contribution in [1.29, 1.82) is 0 Å². The Morgan fingerprint density at radius 2 is 1.50 bits per heavy atom. The molecule has 0 aromatic carbocycles. The van der Waals surface area contributed by atoms with Gasteiger partial charge in [0, 0.05) is 0 Å². The summed E-state index contributed by atoms with van der Waals surface area (Å²) < 4.78 is 0. The first kappa shape index (κ1) is 18.7. The van der Waals surface area contributed by atoms with Crippen LogP contribution in [0, 0.1) is 41.4 Å². The summed E-state index contributed by atoms with van der Waals surface area (Å²) in [4.78, 5) is 0. The van der Waals surface area contributed by atoms with Crippen LogP contribution >= 0.6 is 0 Å². The van der Waals surface area contributed by atoms with E-state index in [4.69, 9.17) is 0 Å². The van der Waals surface area contributed by atoms with Gasteiger partial charge < -0.3 is 10.6 Å². The maximum absolute atomic E-state index is 3.54. The molecule has 2 heterocycles. The molecular weight excluding hydrogens is 292 g/mol. The molecule has 0 spiro atoms. The molecular formula is C22H42N2. The molecule has 2 saturated heterocycles. The molecule has 4 rings (SSSR count). The molecule has 0 aromatic heterocycles. The lowest BCUT2D eigenvalue weighted by molar-refractivity contribution is 0.118. The molecule has 6 atom stereocenters. The third-order valence-corrected chi connectivity index (χ3v) is 7.94. The van der Waals surface area contributed by atoms with E-state index in [1.807, 2.05) is 0 Å². The van der Waals surface area contributed by atoms with Gasteiger partial charge in [0.05, 0.1) is 0 Å². The van der Waals surface area contributed by atoms with Gasteiger partial charge in [0.15, 0.2) is 0 Å². The molecule has 4 fully saturated rings. The zero-order valence-corrected chi connectivity index (χ0v) is 16.5. The minimum absolute atomic E-state index is 0.905. The van der Waals surface area contributed by atoms with Crippen LogP contribution in [-0.4, -0.2) is 26.2 Å². The summed E-state index contributed by atoms with van der Waals surface area (Å²) in [6.07, 6.45) is 11.8.